The van der Waals surface area contributed by atoms with Gasteiger partial charge in [0.15, 0.2) is 0 Å². The van der Waals surface area contributed by atoms with Crippen LogP contribution in [-0.2, 0) is 6.42 Å². The van der Waals surface area contributed by atoms with Gasteiger partial charge in [0, 0.05) is 18.6 Å². The molecule has 0 bridgehead atoms. The van der Waals surface area contributed by atoms with Crippen molar-refractivity contribution in [2.24, 2.45) is 0 Å². The summed E-state index contributed by atoms with van der Waals surface area (Å²) in [6.45, 7) is 7.42. The third-order valence-electron chi connectivity index (χ3n) is 4.91. The average molecular weight is 308 g/mol. The molecule has 2 aliphatic rings. The summed E-state index contributed by atoms with van der Waals surface area (Å²) < 4.78 is 3.97. The number of hydrogen-bond donors (Lipinski definition) is 0. The van der Waals surface area contributed by atoms with Crippen LogP contribution >= 0.6 is 11.5 Å². The first-order valence-corrected chi connectivity index (χ1v) is 8.89. The van der Waals surface area contributed by atoms with Gasteiger partial charge in [-0.1, -0.05) is 18.3 Å². The molecule has 3 rings (SSSR count). The minimum absolute atomic E-state index is 0.160. The highest BCUT2D eigenvalue weighted by Crippen LogP contribution is 2.31. The van der Waals surface area contributed by atoms with Crippen molar-refractivity contribution in [3.05, 3.63) is 10.6 Å². The Hall–Kier alpha value is -1.01. The highest BCUT2D eigenvalue weighted by atomic mass is 32.1. The summed E-state index contributed by atoms with van der Waals surface area (Å²) in [4.78, 5) is 18.3. The lowest BCUT2D eigenvalue weighted by Crippen LogP contribution is -2.48. The van der Waals surface area contributed by atoms with Gasteiger partial charge in [0.2, 0.25) is 0 Å². The molecular formula is C15H24N4OS. The molecule has 116 valence electrons. The number of nitrogens with zero attached hydrogens (tertiary/aromatic N) is 4. The van der Waals surface area contributed by atoms with Gasteiger partial charge < -0.3 is 4.90 Å². The van der Waals surface area contributed by atoms with Crippen molar-refractivity contribution >= 4 is 17.4 Å². The first-order valence-electron chi connectivity index (χ1n) is 8.12. The van der Waals surface area contributed by atoms with E-state index >= 15 is 0 Å². The average Bonchev–Trinajstić information content (AvgIpc) is 3.23. The Morgan fingerprint density at radius 1 is 1.24 bits per heavy atom. The fourth-order valence-electron chi connectivity index (χ4n) is 3.86. The molecule has 1 aromatic heterocycles. The lowest BCUT2D eigenvalue weighted by molar-refractivity contribution is 0.0653. The van der Waals surface area contributed by atoms with Gasteiger partial charge in [-0.2, -0.15) is 0 Å². The number of carbonyl (C=O) groups excluding carboxylic acids is 1. The van der Waals surface area contributed by atoms with Gasteiger partial charge in [-0.05, 0) is 56.7 Å². The van der Waals surface area contributed by atoms with E-state index in [9.17, 15) is 4.79 Å². The van der Waals surface area contributed by atoms with Gasteiger partial charge >= 0.3 is 0 Å². The van der Waals surface area contributed by atoms with Crippen LogP contribution in [0.1, 0.15) is 54.9 Å². The van der Waals surface area contributed by atoms with E-state index in [1.54, 1.807) is 0 Å². The second-order valence-electron chi connectivity index (χ2n) is 5.95. The van der Waals surface area contributed by atoms with Crippen molar-refractivity contribution in [2.45, 2.75) is 58.0 Å². The number of amides is 1. The molecule has 21 heavy (non-hydrogen) atoms. The van der Waals surface area contributed by atoms with E-state index in [2.05, 4.69) is 26.3 Å². The lowest BCUT2D eigenvalue weighted by Gasteiger charge is -2.34. The smallest absolute Gasteiger partial charge is 0.267 e. The first-order chi connectivity index (χ1) is 10.3. The summed E-state index contributed by atoms with van der Waals surface area (Å²) in [7, 11) is 0. The molecule has 1 amide bonds. The summed E-state index contributed by atoms with van der Waals surface area (Å²) in [5.74, 6) is 0.160. The minimum Gasteiger partial charge on any atom is -0.333 e. The van der Waals surface area contributed by atoms with Crippen LogP contribution in [0.4, 0.5) is 0 Å². The molecule has 0 saturated carbocycles. The number of aryl methyl sites for hydroxylation is 1. The molecule has 5 nitrogen and oxygen atoms in total. The number of hydrogen-bond acceptors (Lipinski definition) is 5. The molecule has 0 radical (unpaired) electrons. The first kappa shape index (κ1) is 14.9. The predicted molar refractivity (Wildman–Crippen MR) is 83.6 cm³/mol. The van der Waals surface area contributed by atoms with E-state index in [0.29, 0.717) is 12.1 Å². The second-order valence-corrected chi connectivity index (χ2v) is 6.70. The van der Waals surface area contributed by atoms with Crippen LogP contribution in [0.2, 0.25) is 0 Å². The van der Waals surface area contributed by atoms with Crippen LogP contribution in [0.25, 0.3) is 0 Å². The Balaban J connectivity index is 1.79. The number of likely N-dealkylation sites (N-methyl/N-ethyl adjacent to an activating group) is 1. The number of carbonyl (C=O) groups is 1. The van der Waals surface area contributed by atoms with Gasteiger partial charge in [0.05, 0.1) is 5.69 Å². The maximum atomic E-state index is 12.9. The fourth-order valence-corrected chi connectivity index (χ4v) is 4.56. The van der Waals surface area contributed by atoms with E-state index in [1.165, 1.54) is 30.9 Å². The van der Waals surface area contributed by atoms with Crippen LogP contribution in [-0.4, -0.2) is 57.0 Å². The topological polar surface area (TPSA) is 49.3 Å². The molecule has 0 N–H and O–H groups in total. The Morgan fingerprint density at radius 2 is 2.00 bits per heavy atom. The monoisotopic (exact) mass is 308 g/mol. The summed E-state index contributed by atoms with van der Waals surface area (Å²) in [5.41, 5.74) is 0.856. The molecule has 0 aromatic carbocycles. The quantitative estimate of drug-likeness (QED) is 0.855. The van der Waals surface area contributed by atoms with E-state index in [-0.39, 0.29) is 5.91 Å². The maximum absolute atomic E-state index is 12.9. The van der Waals surface area contributed by atoms with Gasteiger partial charge in [-0.25, -0.2) is 0 Å². The zero-order valence-electron chi connectivity index (χ0n) is 12.9. The van der Waals surface area contributed by atoms with Crippen molar-refractivity contribution in [1.82, 2.24) is 19.4 Å². The summed E-state index contributed by atoms with van der Waals surface area (Å²) >= 11 is 1.25. The van der Waals surface area contributed by atoms with Crippen molar-refractivity contribution in [2.75, 3.05) is 19.6 Å². The zero-order chi connectivity index (χ0) is 14.8. The van der Waals surface area contributed by atoms with Crippen LogP contribution in [0.15, 0.2) is 0 Å². The number of likely N-dealkylation sites (tertiary alicyclic amines) is 2. The molecule has 2 atom stereocenters. The largest absolute Gasteiger partial charge is 0.333 e. The SMILES string of the molecule is CCc1nnsc1C(=O)N1CCC[C@H]1[C@@H]1CCCN1CC. The van der Waals surface area contributed by atoms with Gasteiger partial charge in [-0.15, -0.1) is 5.10 Å². The Morgan fingerprint density at radius 3 is 2.76 bits per heavy atom. The van der Waals surface area contributed by atoms with E-state index < -0.39 is 0 Å². The van der Waals surface area contributed by atoms with Crippen molar-refractivity contribution in [3.63, 3.8) is 0 Å². The molecule has 0 spiro atoms. The van der Waals surface area contributed by atoms with Crippen LogP contribution in [0, 0.1) is 0 Å². The molecule has 3 heterocycles. The van der Waals surface area contributed by atoms with E-state index in [4.69, 9.17) is 0 Å². The Kier molecular flexibility index (Phi) is 4.54. The minimum atomic E-state index is 0.160. The van der Waals surface area contributed by atoms with Gasteiger partial charge in [0.1, 0.15) is 4.88 Å². The molecular weight excluding hydrogens is 284 g/mol. The molecule has 0 aliphatic carbocycles. The van der Waals surface area contributed by atoms with Crippen LogP contribution in [0.5, 0.6) is 0 Å². The Bertz CT molecular complexity index is 504. The van der Waals surface area contributed by atoms with Crippen molar-refractivity contribution in [1.29, 1.82) is 0 Å². The number of rotatable bonds is 4. The molecule has 2 aliphatic heterocycles. The third-order valence-corrected chi connectivity index (χ3v) is 5.67. The zero-order valence-corrected chi connectivity index (χ0v) is 13.7. The molecule has 2 fully saturated rings. The van der Waals surface area contributed by atoms with Crippen molar-refractivity contribution < 1.29 is 4.79 Å². The summed E-state index contributed by atoms with van der Waals surface area (Å²) in [6.07, 6.45) is 5.53. The summed E-state index contributed by atoms with van der Waals surface area (Å²) in [6, 6.07) is 0.930. The standard InChI is InChI=1S/C15H24N4OS/c1-3-11-14(21-17-16-11)15(20)19-10-6-8-13(19)12-7-5-9-18(12)4-2/h12-13H,3-10H2,1-2H3/t12-,13-/m0/s1. The van der Waals surface area contributed by atoms with Crippen LogP contribution in [0.3, 0.4) is 0 Å². The molecule has 2 saturated heterocycles. The van der Waals surface area contributed by atoms with Crippen molar-refractivity contribution in [3.8, 4) is 0 Å². The molecule has 1 aromatic rings. The van der Waals surface area contributed by atoms with Crippen LogP contribution < -0.4 is 0 Å². The normalized spacial score (nSPS) is 26.7. The third kappa shape index (κ3) is 2.71. The molecule has 0 unspecified atom stereocenters. The molecule has 6 heteroatoms. The highest BCUT2D eigenvalue weighted by Gasteiger charge is 2.40. The number of aromatic nitrogens is 2. The fraction of sp³-hybridized carbons (Fsp3) is 0.800. The van der Waals surface area contributed by atoms with Gasteiger partial charge in [0.25, 0.3) is 5.91 Å². The lowest BCUT2D eigenvalue weighted by atomic mass is 10.0. The second kappa shape index (κ2) is 6.40. The highest BCUT2D eigenvalue weighted by molar-refractivity contribution is 7.08. The van der Waals surface area contributed by atoms with Gasteiger partial charge in [-0.3, -0.25) is 9.69 Å². The van der Waals surface area contributed by atoms with E-state index in [0.717, 1.165) is 42.9 Å². The predicted octanol–water partition coefficient (Wildman–Crippen LogP) is 2.19. The van der Waals surface area contributed by atoms with E-state index in [1.807, 2.05) is 6.92 Å². The summed E-state index contributed by atoms with van der Waals surface area (Å²) in [5, 5.41) is 4.09. The Labute approximate surface area is 130 Å². The maximum Gasteiger partial charge on any atom is 0.267 e.